The number of carboxylic acids is 1. The fraction of sp³-hybridized carbons (Fsp3) is 0. The molecule has 6 heteroatoms. The van der Waals surface area contributed by atoms with E-state index in [-0.39, 0.29) is 5.69 Å². The summed E-state index contributed by atoms with van der Waals surface area (Å²) in [7, 11) is 0. The van der Waals surface area contributed by atoms with Crippen molar-refractivity contribution in [3.63, 3.8) is 0 Å². The molecule has 0 radical (unpaired) electrons. The summed E-state index contributed by atoms with van der Waals surface area (Å²) >= 11 is 7.08. The van der Waals surface area contributed by atoms with E-state index in [1.165, 1.54) is 16.7 Å². The van der Waals surface area contributed by atoms with Gasteiger partial charge in [-0.15, -0.1) is 11.3 Å². The zero-order valence-electron chi connectivity index (χ0n) is 7.35. The topological polar surface area (TPSA) is 63.1 Å². The molecule has 1 N–H and O–H groups in total. The van der Waals surface area contributed by atoms with Crippen molar-refractivity contribution in [2.24, 2.45) is 0 Å². The molecule has 0 aliphatic heterocycles. The molecule has 0 spiro atoms. The van der Waals surface area contributed by atoms with Crippen LogP contribution in [-0.4, -0.2) is 21.0 Å². The molecule has 0 aliphatic carbocycles. The number of carboxylic acid groups (broad SMARTS) is 1. The van der Waals surface area contributed by atoms with Crippen LogP contribution in [0.4, 0.5) is 0 Å². The molecule has 2 rings (SSSR count). The van der Waals surface area contributed by atoms with E-state index < -0.39 is 5.97 Å². The van der Waals surface area contributed by atoms with Crippen LogP contribution in [0, 0.1) is 0 Å². The van der Waals surface area contributed by atoms with Gasteiger partial charge in [0.15, 0.2) is 5.69 Å². The minimum atomic E-state index is -1.04. The molecular weight excluding hydrogens is 236 g/mol. The van der Waals surface area contributed by atoms with E-state index in [1.54, 1.807) is 18.3 Å². The van der Waals surface area contributed by atoms with Crippen LogP contribution >= 0.6 is 22.9 Å². The number of carbonyl (C=O) groups is 1. The van der Waals surface area contributed by atoms with Gasteiger partial charge in [-0.25, -0.2) is 14.8 Å². The van der Waals surface area contributed by atoms with Crippen LogP contribution in [0.5, 0.6) is 0 Å². The predicted molar refractivity (Wildman–Crippen MR) is 57.3 cm³/mol. The second-order valence-corrected chi connectivity index (χ2v) is 3.90. The molecule has 15 heavy (non-hydrogen) atoms. The molecule has 76 valence electrons. The number of aromatic nitrogens is 2. The Bertz CT molecular complexity index is 512. The van der Waals surface area contributed by atoms with Crippen molar-refractivity contribution in [2.45, 2.75) is 0 Å². The van der Waals surface area contributed by atoms with E-state index >= 15 is 0 Å². The molecule has 2 heterocycles. The van der Waals surface area contributed by atoms with Crippen LogP contribution in [0.25, 0.3) is 10.6 Å². The largest absolute Gasteiger partial charge is 0.476 e. The first kappa shape index (κ1) is 10.1. The monoisotopic (exact) mass is 240 g/mol. The van der Waals surface area contributed by atoms with Crippen molar-refractivity contribution in [1.29, 1.82) is 0 Å². The first-order chi connectivity index (χ1) is 7.18. The molecule has 0 amide bonds. The quantitative estimate of drug-likeness (QED) is 0.820. The van der Waals surface area contributed by atoms with Gasteiger partial charge < -0.3 is 5.11 Å². The van der Waals surface area contributed by atoms with Crippen molar-refractivity contribution in [3.8, 4) is 10.6 Å². The maximum Gasteiger partial charge on any atom is 0.355 e. The van der Waals surface area contributed by atoms with E-state index in [9.17, 15) is 4.79 Å². The molecule has 0 unspecified atom stereocenters. The summed E-state index contributed by atoms with van der Waals surface area (Å²) in [6.45, 7) is 0. The maximum atomic E-state index is 10.6. The average molecular weight is 241 g/mol. The van der Waals surface area contributed by atoms with Gasteiger partial charge in [-0.2, -0.15) is 0 Å². The molecule has 0 saturated heterocycles. The fourth-order valence-corrected chi connectivity index (χ4v) is 2.13. The van der Waals surface area contributed by atoms with Gasteiger partial charge >= 0.3 is 5.97 Å². The Kier molecular flexibility index (Phi) is 2.66. The summed E-state index contributed by atoms with van der Waals surface area (Å²) in [5, 5.41) is 11.1. The highest BCUT2D eigenvalue weighted by Gasteiger charge is 2.12. The van der Waals surface area contributed by atoms with Crippen LogP contribution in [0.1, 0.15) is 10.5 Å². The van der Waals surface area contributed by atoms with E-state index in [2.05, 4.69) is 9.97 Å². The molecule has 0 aliphatic rings. The highest BCUT2D eigenvalue weighted by Crippen LogP contribution is 2.28. The SMILES string of the molecule is O=C(O)c1csc(-c2cccnc2Cl)n1. The van der Waals surface area contributed by atoms with Crippen molar-refractivity contribution in [1.82, 2.24) is 9.97 Å². The number of rotatable bonds is 2. The van der Waals surface area contributed by atoms with Crippen molar-refractivity contribution >= 4 is 28.9 Å². The predicted octanol–water partition coefficient (Wildman–Crippen LogP) is 2.56. The van der Waals surface area contributed by atoms with Crippen molar-refractivity contribution in [3.05, 3.63) is 34.6 Å². The first-order valence-electron chi connectivity index (χ1n) is 3.98. The van der Waals surface area contributed by atoms with Gasteiger partial charge in [-0.05, 0) is 12.1 Å². The summed E-state index contributed by atoms with van der Waals surface area (Å²) in [4.78, 5) is 18.5. The lowest BCUT2D eigenvalue weighted by atomic mass is 10.3. The van der Waals surface area contributed by atoms with E-state index in [4.69, 9.17) is 16.7 Å². The summed E-state index contributed by atoms with van der Waals surface area (Å²) in [5.41, 5.74) is 0.673. The Balaban J connectivity index is 2.46. The third-order valence-corrected chi connectivity index (χ3v) is 2.89. The summed E-state index contributed by atoms with van der Waals surface area (Å²) in [6, 6.07) is 3.48. The summed E-state index contributed by atoms with van der Waals surface area (Å²) in [6.07, 6.45) is 1.57. The summed E-state index contributed by atoms with van der Waals surface area (Å²) in [5.74, 6) is -1.04. The Labute approximate surface area is 94.2 Å². The van der Waals surface area contributed by atoms with Crippen molar-refractivity contribution in [2.75, 3.05) is 0 Å². The fourth-order valence-electron chi connectivity index (χ4n) is 1.04. The lowest BCUT2D eigenvalue weighted by Gasteiger charge is -1.96. The number of hydrogen-bond donors (Lipinski definition) is 1. The number of nitrogens with zero attached hydrogens (tertiary/aromatic N) is 2. The van der Waals surface area contributed by atoms with Gasteiger partial charge in [-0.3, -0.25) is 0 Å². The molecule has 0 atom stereocenters. The van der Waals surface area contributed by atoms with Crippen LogP contribution in [-0.2, 0) is 0 Å². The first-order valence-corrected chi connectivity index (χ1v) is 5.24. The maximum absolute atomic E-state index is 10.6. The van der Waals surface area contributed by atoms with Crippen molar-refractivity contribution < 1.29 is 9.90 Å². The van der Waals surface area contributed by atoms with Gasteiger partial charge in [0.25, 0.3) is 0 Å². The number of halogens is 1. The number of pyridine rings is 1. The third kappa shape index (κ3) is 1.98. The zero-order chi connectivity index (χ0) is 10.8. The van der Waals surface area contributed by atoms with Crippen LogP contribution in [0.2, 0.25) is 5.15 Å². The molecule has 2 aromatic heterocycles. The van der Waals surface area contributed by atoms with Gasteiger partial charge in [0, 0.05) is 17.1 Å². The Morgan fingerprint density at radius 2 is 2.33 bits per heavy atom. The standard InChI is InChI=1S/C9H5ClN2O2S/c10-7-5(2-1-3-11-7)8-12-6(4-15-8)9(13)14/h1-4H,(H,13,14). The lowest BCUT2D eigenvalue weighted by molar-refractivity contribution is 0.0691. The Hall–Kier alpha value is -1.46. The highest BCUT2D eigenvalue weighted by atomic mass is 35.5. The number of aromatic carboxylic acids is 1. The zero-order valence-corrected chi connectivity index (χ0v) is 8.92. The molecule has 0 saturated carbocycles. The molecular formula is C9H5ClN2O2S. The van der Waals surface area contributed by atoms with E-state index in [0.717, 1.165) is 0 Å². The molecule has 2 aromatic rings. The smallest absolute Gasteiger partial charge is 0.355 e. The second kappa shape index (κ2) is 3.96. The van der Waals surface area contributed by atoms with Gasteiger partial charge in [-0.1, -0.05) is 11.6 Å². The van der Waals surface area contributed by atoms with Crippen LogP contribution < -0.4 is 0 Å². The minimum absolute atomic E-state index is 0.0231. The average Bonchev–Trinajstić information content (AvgIpc) is 2.67. The summed E-state index contributed by atoms with van der Waals surface area (Å²) < 4.78 is 0. The van der Waals surface area contributed by atoms with Gasteiger partial charge in [0.05, 0.1) is 0 Å². The number of hydrogen-bond acceptors (Lipinski definition) is 4. The molecule has 0 bridgehead atoms. The van der Waals surface area contributed by atoms with Crippen LogP contribution in [0.15, 0.2) is 23.7 Å². The second-order valence-electron chi connectivity index (χ2n) is 2.68. The van der Waals surface area contributed by atoms with Crippen LogP contribution in [0.3, 0.4) is 0 Å². The number of thiazole rings is 1. The van der Waals surface area contributed by atoms with Gasteiger partial charge in [0.2, 0.25) is 0 Å². The van der Waals surface area contributed by atoms with Gasteiger partial charge in [0.1, 0.15) is 10.2 Å². The highest BCUT2D eigenvalue weighted by molar-refractivity contribution is 7.13. The normalized spacial score (nSPS) is 10.2. The minimum Gasteiger partial charge on any atom is -0.476 e. The Morgan fingerprint density at radius 1 is 1.53 bits per heavy atom. The molecule has 0 fully saturated rings. The lowest BCUT2D eigenvalue weighted by Crippen LogP contribution is -1.95. The van der Waals surface area contributed by atoms with E-state index in [0.29, 0.717) is 15.7 Å². The Morgan fingerprint density at radius 3 is 2.93 bits per heavy atom. The molecule has 0 aromatic carbocycles. The third-order valence-electron chi connectivity index (χ3n) is 1.71. The van der Waals surface area contributed by atoms with E-state index in [1.807, 2.05) is 0 Å². The molecule has 4 nitrogen and oxygen atoms in total.